The molecular weight excluding hydrogens is 198 g/mol. The highest BCUT2D eigenvalue weighted by Crippen LogP contribution is 2.26. The Morgan fingerprint density at radius 3 is 2.69 bits per heavy atom. The molecule has 0 bridgehead atoms. The molecule has 1 fully saturated rings. The van der Waals surface area contributed by atoms with Crippen molar-refractivity contribution in [3.05, 3.63) is 29.3 Å². The summed E-state index contributed by atoms with van der Waals surface area (Å²) >= 11 is 0. The van der Waals surface area contributed by atoms with Gasteiger partial charge in [0.2, 0.25) is 0 Å². The van der Waals surface area contributed by atoms with Crippen LogP contribution < -0.4 is 4.74 Å². The lowest BCUT2D eigenvalue weighted by molar-refractivity contribution is 0.154. The largest absolute Gasteiger partial charge is 0.489 e. The monoisotopic (exact) mass is 215 g/mol. The molecule has 1 aliphatic rings. The lowest BCUT2D eigenvalue weighted by Gasteiger charge is -2.23. The maximum Gasteiger partial charge on any atom is 0.137 e. The molecule has 0 radical (unpaired) electrons. The van der Waals surface area contributed by atoms with E-state index in [2.05, 4.69) is 6.07 Å². The van der Waals surface area contributed by atoms with E-state index in [1.165, 1.54) is 19.3 Å². The predicted octanol–water partition coefficient (Wildman–Crippen LogP) is 3.58. The van der Waals surface area contributed by atoms with E-state index >= 15 is 0 Å². The Morgan fingerprint density at radius 2 is 2.00 bits per heavy atom. The number of nitriles is 1. The average Bonchev–Trinajstić information content (AvgIpc) is 2.31. The van der Waals surface area contributed by atoms with Crippen LogP contribution in [0.2, 0.25) is 0 Å². The van der Waals surface area contributed by atoms with Gasteiger partial charge in [-0.05, 0) is 50.3 Å². The van der Waals surface area contributed by atoms with Crippen LogP contribution in [0.5, 0.6) is 5.75 Å². The Kier molecular flexibility index (Phi) is 3.46. The van der Waals surface area contributed by atoms with Gasteiger partial charge >= 0.3 is 0 Å². The van der Waals surface area contributed by atoms with Crippen molar-refractivity contribution in [2.24, 2.45) is 0 Å². The van der Waals surface area contributed by atoms with Gasteiger partial charge in [-0.3, -0.25) is 0 Å². The third kappa shape index (κ3) is 2.55. The fraction of sp³-hybridized carbons (Fsp3) is 0.500. The summed E-state index contributed by atoms with van der Waals surface area (Å²) < 4.78 is 5.94. The number of benzene rings is 1. The highest BCUT2D eigenvalue weighted by Gasteiger charge is 2.16. The minimum atomic E-state index is 0.308. The van der Waals surface area contributed by atoms with Crippen molar-refractivity contribution in [1.82, 2.24) is 0 Å². The molecule has 0 amide bonds. The summed E-state index contributed by atoms with van der Waals surface area (Å²) in [5, 5.41) is 9.01. The minimum Gasteiger partial charge on any atom is -0.489 e. The zero-order chi connectivity index (χ0) is 11.4. The van der Waals surface area contributed by atoms with Crippen LogP contribution in [0.4, 0.5) is 0 Å². The highest BCUT2D eigenvalue weighted by atomic mass is 16.5. The molecule has 16 heavy (non-hydrogen) atoms. The molecule has 1 aromatic rings. The second kappa shape index (κ2) is 5.03. The van der Waals surface area contributed by atoms with E-state index < -0.39 is 0 Å². The van der Waals surface area contributed by atoms with Crippen LogP contribution in [0.15, 0.2) is 18.2 Å². The van der Waals surface area contributed by atoms with Crippen LogP contribution in [0.3, 0.4) is 0 Å². The van der Waals surface area contributed by atoms with Crippen LogP contribution >= 0.6 is 0 Å². The first-order valence-electron chi connectivity index (χ1n) is 5.97. The summed E-state index contributed by atoms with van der Waals surface area (Å²) in [5.41, 5.74) is 1.79. The first-order valence-corrected chi connectivity index (χ1v) is 5.97. The summed E-state index contributed by atoms with van der Waals surface area (Å²) in [7, 11) is 0. The molecule has 0 saturated heterocycles. The zero-order valence-corrected chi connectivity index (χ0v) is 9.70. The third-order valence-corrected chi connectivity index (χ3v) is 3.10. The molecule has 0 atom stereocenters. The lowest BCUT2D eigenvalue weighted by atomic mass is 9.97. The van der Waals surface area contributed by atoms with Gasteiger partial charge in [0.1, 0.15) is 11.8 Å². The van der Waals surface area contributed by atoms with E-state index in [4.69, 9.17) is 10.00 Å². The van der Waals surface area contributed by atoms with Crippen molar-refractivity contribution in [2.45, 2.75) is 45.1 Å². The average molecular weight is 215 g/mol. The molecular formula is C14H17NO. The van der Waals surface area contributed by atoms with E-state index in [0.29, 0.717) is 11.7 Å². The molecule has 0 heterocycles. The minimum absolute atomic E-state index is 0.308. The maximum atomic E-state index is 9.01. The predicted molar refractivity (Wildman–Crippen MR) is 63.4 cm³/mol. The molecule has 1 aromatic carbocycles. The molecule has 1 aliphatic carbocycles. The lowest BCUT2D eigenvalue weighted by Crippen LogP contribution is -2.20. The van der Waals surface area contributed by atoms with Crippen molar-refractivity contribution >= 4 is 0 Å². The molecule has 0 N–H and O–H groups in total. The fourth-order valence-electron chi connectivity index (χ4n) is 2.18. The summed E-state index contributed by atoms with van der Waals surface area (Å²) in [6.07, 6.45) is 6.37. The molecule has 0 aliphatic heterocycles. The van der Waals surface area contributed by atoms with Crippen molar-refractivity contribution in [3.63, 3.8) is 0 Å². The molecule has 0 spiro atoms. The fourth-order valence-corrected chi connectivity index (χ4v) is 2.18. The first-order chi connectivity index (χ1) is 7.79. The molecule has 1 saturated carbocycles. The van der Waals surface area contributed by atoms with Crippen LogP contribution in [0.25, 0.3) is 0 Å². The molecule has 2 heteroatoms. The quantitative estimate of drug-likeness (QED) is 0.755. The summed E-state index contributed by atoms with van der Waals surface area (Å²) in [4.78, 5) is 0. The molecule has 2 rings (SSSR count). The van der Waals surface area contributed by atoms with Gasteiger partial charge in [-0.1, -0.05) is 12.5 Å². The molecule has 0 aromatic heterocycles. The second-order valence-electron chi connectivity index (χ2n) is 4.49. The first kappa shape index (κ1) is 11.0. The maximum absolute atomic E-state index is 9.01. The Morgan fingerprint density at radius 1 is 1.25 bits per heavy atom. The van der Waals surface area contributed by atoms with Gasteiger partial charge in [-0.15, -0.1) is 0 Å². The van der Waals surface area contributed by atoms with Gasteiger partial charge in [0, 0.05) is 0 Å². The number of rotatable bonds is 2. The van der Waals surface area contributed by atoms with Gasteiger partial charge in [0.05, 0.1) is 11.7 Å². The normalized spacial score (nSPS) is 16.8. The molecule has 0 unspecified atom stereocenters. The third-order valence-electron chi connectivity index (χ3n) is 3.10. The summed E-state index contributed by atoms with van der Waals surface area (Å²) in [6, 6.07) is 7.94. The summed E-state index contributed by atoms with van der Waals surface area (Å²) in [6.45, 7) is 2.02. The van der Waals surface area contributed by atoms with Gasteiger partial charge in [0.25, 0.3) is 0 Å². The highest BCUT2D eigenvalue weighted by molar-refractivity contribution is 5.45. The second-order valence-corrected chi connectivity index (χ2v) is 4.49. The Labute approximate surface area is 96.9 Å². The van der Waals surface area contributed by atoms with Crippen LogP contribution in [-0.4, -0.2) is 6.10 Å². The Bertz CT molecular complexity index is 400. The van der Waals surface area contributed by atoms with E-state index in [9.17, 15) is 0 Å². The molecule has 84 valence electrons. The van der Waals surface area contributed by atoms with E-state index in [-0.39, 0.29) is 0 Å². The van der Waals surface area contributed by atoms with E-state index in [0.717, 1.165) is 24.2 Å². The van der Waals surface area contributed by atoms with Crippen molar-refractivity contribution in [3.8, 4) is 11.8 Å². The summed E-state index contributed by atoms with van der Waals surface area (Å²) in [5.74, 6) is 0.759. The Hall–Kier alpha value is -1.49. The van der Waals surface area contributed by atoms with E-state index in [1.807, 2.05) is 25.1 Å². The zero-order valence-electron chi connectivity index (χ0n) is 9.70. The topological polar surface area (TPSA) is 33.0 Å². The number of aryl methyl sites for hydroxylation is 1. The number of ether oxygens (including phenoxy) is 1. The van der Waals surface area contributed by atoms with Gasteiger partial charge in [-0.2, -0.15) is 5.26 Å². The number of hydrogen-bond donors (Lipinski definition) is 0. The van der Waals surface area contributed by atoms with Crippen molar-refractivity contribution in [2.75, 3.05) is 0 Å². The molecule has 2 nitrogen and oxygen atoms in total. The van der Waals surface area contributed by atoms with Crippen molar-refractivity contribution < 1.29 is 4.74 Å². The van der Waals surface area contributed by atoms with Crippen LogP contribution in [-0.2, 0) is 0 Å². The van der Waals surface area contributed by atoms with Crippen LogP contribution in [0, 0.1) is 18.3 Å². The SMILES string of the molecule is Cc1ccc(C#N)c(OC2CCCCC2)c1. The number of nitrogens with zero attached hydrogens (tertiary/aromatic N) is 1. The van der Waals surface area contributed by atoms with Gasteiger partial charge in [0.15, 0.2) is 0 Å². The smallest absolute Gasteiger partial charge is 0.137 e. The standard InChI is InChI=1S/C14H17NO/c1-11-7-8-12(10-15)14(9-11)16-13-5-3-2-4-6-13/h7-9,13H,2-6H2,1H3. The van der Waals surface area contributed by atoms with Crippen LogP contribution in [0.1, 0.15) is 43.2 Å². The van der Waals surface area contributed by atoms with Gasteiger partial charge in [-0.25, -0.2) is 0 Å². The van der Waals surface area contributed by atoms with Crippen molar-refractivity contribution in [1.29, 1.82) is 5.26 Å². The van der Waals surface area contributed by atoms with E-state index in [1.54, 1.807) is 0 Å². The van der Waals surface area contributed by atoms with Gasteiger partial charge < -0.3 is 4.74 Å². The number of hydrogen-bond acceptors (Lipinski definition) is 2. The Balaban J connectivity index is 2.13.